The van der Waals surface area contributed by atoms with Crippen LogP contribution in [0.5, 0.6) is 0 Å². The lowest BCUT2D eigenvalue weighted by atomic mass is 9.33. The van der Waals surface area contributed by atoms with Crippen molar-refractivity contribution in [2.75, 3.05) is 14.7 Å². The van der Waals surface area contributed by atoms with Crippen molar-refractivity contribution in [3.05, 3.63) is 185 Å². The minimum Gasteiger partial charge on any atom is -0.335 e. The first-order valence-corrected chi connectivity index (χ1v) is 31.1. The van der Waals surface area contributed by atoms with E-state index in [2.05, 4.69) is 226 Å². The molecule has 2 atom stereocenters. The molecule has 81 heavy (non-hydrogen) atoms. The minimum atomic E-state index is -0.386. The second-order valence-electron chi connectivity index (χ2n) is 29.4. The van der Waals surface area contributed by atoms with E-state index in [1.807, 2.05) is 11.3 Å². The molecule has 3 aliphatic carbocycles. The number of anilines is 8. The van der Waals surface area contributed by atoms with Crippen LogP contribution < -0.4 is 31.1 Å². The van der Waals surface area contributed by atoms with E-state index in [1.165, 1.54) is 75.6 Å². The summed E-state index contributed by atoms with van der Waals surface area (Å²) in [5.74, 6) is 0. The number of hydrogen-bond acceptors (Lipinski definition) is 4. The molecule has 0 saturated heterocycles. The van der Waals surface area contributed by atoms with E-state index in [9.17, 15) is 2.74 Å². The van der Waals surface area contributed by atoms with Crippen molar-refractivity contribution in [3.8, 4) is 11.1 Å². The van der Waals surface area contributed by atoms with E-state index in [4.69, 9.17) is 4.11 Å². The van der Waals surface area contributed by atoms with Crippen molar-refractivity contribution in [1.29, 1.82) is 0 Å². The molecular weight excluding hydrogens is 998 g/mol. The largest absolute Gasteiger partial charge is 0.335 e. The van der Waals surface area contributed by atoms with Gasteiger partial charge in [-0.3, -0.25) is 0 Å². The van der Waals surface area contributed by atoms with E-state index in [-0.39, 0.29) is 80.5 Å². The Bertz CT molecular complexity index is 4340. The lowest BCUT2D eigenvalue weighted by molar-refractivity contribution is 0.195. The van der Waals surface area contributed by atoms with Gasteiger partial charge in [-0.25, -0.2) is 0 Å². The minimum absolute atomic E-state index is 0.0221. The molecule has 8 aromatic carbocycles. The molecule has 0 spiro atoms. The van der Waals surface area contributed by atoms with Gasteiger partial charge in [0.1, 0.15) is 0 Å². The van der Waals surface area contributed by atoms with Crippen molar-refractivity contribution in [1.82, 2.24) is 0 Å². The molecule has 0 radical (unpaired) electrons. The maximum atomic E-state index is 9.66. The number of hydrogen-bond donors (Lipinski definition) is 0. The average molecular weight is 1080 g/mol. The van der Waals surface area contributed by atoms with Gasteiger partial charge in [0.05, 0.1) is 22.8 Å². The number of thiophene rings is 1. The lowest BCUT2D eigenvalue weighted by Crippen LogP contribution is -2.64. The number of rotatable bonds is 5. The highest BCUT2D eigenvalue weighted by atomic mass is 32.1. The summed E-state index contributed by atoms with van der Waals surface area (Å²) in [5.41, 5.74) is 21.1. The van der Waals surface area contributed by atoms with Crippen LogP contribution in [0, 0.1) is 0 Å². The fraction of sp³-hybridized carbons (Fsp3) is 0.368. The van der Waals surface area contributed by atoms with Crippen LogP contribution in [0.3, 0.4) is 0 Å². The molecule has 1 aromatic heterocycles. The summed E-state index contributed by atoms with van der Waals surface area (Å²) in [5, 5.41) is 2.41. The van der Waals surface area contributed by atoms with Crippen molar-refractivity contribution in [2.45, 2.75) is 179 Å². The molecule has 4 heterocycles. The van der Waals surface area contributed by atoms with Gasteiger partial charge >= 0.3 is 0 Å². The van der Waals surface area contributed by atoms with Crippen LogP contribution in [0.4, 0.5) is 45.5 Å². The summed E-state index contributed by atoms with van der Waals surface area (Å²) in [7, 11) is 0. The zero-order valence-corrected chi connectivity index (χ0v) is 50.8. The van der Waals surface area contributed by atoms with Crippen molar-refractivity contribution in [2.24, 2.45) is 0 Å². The molecule has 3 aliphatic heterocycles. The molecule has 3 nitrogen and oxygen atoms in total. The van der Waals surface area contributed by atoms with Crippen molar-refractivity contribution < 1.29 is 6.85 Å². The van der Waals surface area contributed by atoms with E-state index < -0.39 is 0 Å². The first-order chi connectivity index (χ1) is 40.6. The molecule has 2 unspecified atom stereocenters. The van der Waals surface area contributed by atoms with Crippen LogP contribution in [0.25, 0.3) is 31.3 Å². The Morgan fingerprint density at radius 2 is 1.10 bits per heavy atom. The number of benzene rings is 8. The van der Waals surface area contributed by atoms with Gasteiger partial charge in [0.25, 0.3) is 6.71 Å². The normalized spacial score (nSPS) is 23.0. The van der Waals surface area contributed by atoms with Gasteiger partial charge in [0, 0.05) is 60.7 Å². The predicted molar refractivity (Wildman–Crippen MR) is 351 cm³/mol. The monoisotopic (exact) mass is 1080 g/mol. The summed E-state index contributed by atoms with van der Waals surface area (Å²) in [6.45, 7) is 31.3. The fourth-order valence-corrected chi connectivity index (χ4v) is 17.7. The Hall–Kier alpha value is -6.56. The Kier molecular flexibility index (Phi) is 9.67. The highest BCUT2D eigenvalue weighted by Gasteiger charge is 2.62. The standard InChI is InChI=1S/C76H80BN3S/c1-70(2,3)49-42-59-68-61(43-49)77-60-33-30-52(78(50-28-31-55-57(44-50)73(8,9)38-36-71(55,4)5)51-29-32-56-58(45-51)74(10,11)39-37-72(56,6)7)46-63(60)79(62-26-21-25-54-53-24-17-18-27-66(53)81-69(54)62)64-40-48(47-22-15-14-16-23-47)41-65(67(64)77)80(68)76(13)35-20-19-34-75(59,76)12/h14-18,21-33,40-46H,19-20,34-39H2,1-13H3/i14D,15D,16D,22D,23D. The van der Waals surface area contributed by atoms with Gasteiger partial charge in [-0.05, 0) is 194 Å². The van der Waals surface area contributed by atoms with Gasteiger partial charge in [0.2, 0.25) is 0 Å². The zero-order chi connectivity index (χ0) is 60.5. The molecule has 1 saturated carbocycles. The second kappa shape index (κ2) is 17.0. The van der Waals surface area contributed by atoms with E-state index in [1.54, 1.807) is 0 Å². The third kappa shape index (κ3) is 7.25. The second-order valence-corrected chi connectivity index (χ2v) is 30.4. The van der Waals surface area contributed by atoms with Gasteiger partial charge in [-0.1, -0.05) is 187 Å². The SMILES string of the molecule is [2H]c1c([2H])c([2H])c(-c2cc3c4c(c2)N2c5c(cc(C(C)(C)C)cc5C5(C)CCCCC25C)B4c2ccc(N(c4ccc5c(c4)C(C)(C)CCC5(C)C)c4ccc5c(c4)C(C)(C)CCC5(C)C)cc2N3c2cccc3c2sc2ccccc23)c([2H])c1[2H]. The quantitative estimate of drug-likeness (QED) is 0.159. The van der Waals surface area contributed by atoms with Crippen LogP contribution in [-0.2, 0) is 32.5 Å². The number of nitrogens with zero attached hydrogens (tertiary/aromatic N) is 3. The molecule has 0 N–H and O–H groups in total. The first kappa shape index (κ1) is 46.0. The summed E-state index contributed by atoms with van der Waals surface area (Å²) in [6, 6.07) is 45.6. The summed E-state index contributed by atoms with van der Waals surface area (Å²) in [4.78, 5) is 7.78. The fourth-order valence-electron chi connectivity index (χ4n) is 16.5. The zero-order valence-electron chi connectivity index (χ0n) is 55.0. The molecule has 6 aliphatic rings. The van der Waals surface area contributed by atoms with E-state index >= 15 is 0 Å². The summed E-state index contributed by atoms with van der Waals surface area (Å²) in [6.07, 6.45) is 8.80. The third-order valence-electron chi connectivity index (χ3n) is 21.7. The summed E-state index contributed by atoms with van der Waals surface area (Å²) < 4.78 is 48.7. The Labute approximate surface area is 494 Å². The Balaban J connectivity index is 1.09. The molecule has 0 bridgehead atoms. The lowest BCUT2D eigenvalue weighted by Gasteiger charge is -2.53. The van der Waals surface area contributed by atoms with Crippen LogP contribution in [-0.4, -0.2) is 12.3 Å². The molecule has 5 heteroatoms. The van der Waals surface area contributed by atoms with Gasteiger partial charge in [-0.15, -0.1) is 11.3 Å². The Morgan fingerprint density at radius 1 is 0.506 bits per heavy atom. The molecule has 1 fully saturated rings. The third-order valence-corrected chi connectivity index (χ3v) is 22.9. The maximum absolute atomic E-state index is 9.66. The summed E-state index contributed by atoms with van der Waals surface area (Å²) >= 11 is 1.82. The average Bonchev–Trinajstić information content (AvgIpc) is 1.31. The predicted octanol–water partition coefficient (Wildman–Crippen LogP) is 19.5. The molecule has 0 amide bonds. The van der Waals surface area contributed by atoms with Crippen molar-refractivity contribution in [3.63, 3.8) is 0 Å². The van der Waals surface area contributed by atoms with Crippen LogP contribution in [0.2, 0.25) is 0 Å². The van der Waals surface area contributed by atoms with Gasteiger partial charge < -0.3 is 14.7 Å². The first-order valence-electron chi connectivity index (χ1n) is 32.8. The molecule has 408 valence electrons. The van der Waals surface area contributed by atoms with Gasteiger partial charge in [-0.2, -0.15) is 0 Å². The smallest absolute Gasteiger partial charge is 0.252 e. The van der Waals surface area contributed by atoms with E-state index in [0.717, 1.165) is 91.2 Å². The van der Waals surface area contributed by atoms with Gasteiger partial charge in [0.15, 0.2) is 0 Å². The van der Waals surface area contributed by atoms with E-state index in [0.29, 0.717) is 5.56 Å². The molecule has 15 rings (SSSR count). The topological polar surface area (TPSA) is 9.72 Å². The number of fused-ring (bicyclic) bond motifs is 12. The Morgan fingerprint density at radius 3 is 1.77 bits per heavy atom. The van der Waals surface area contributed by atoms with Crippen LogP contribution in [0.1, 0.15) is 182 Å². The molecular formula is C76H80BN3S. The highest BCUT2D eigenvalue weighted by molar-refractivity contribution is 7.26. The molecule has 9 aromatic rings. The van der Waals surface area contributed by atoms with Crippen LogP contribution >= 0.6 is 11.3 Å². The van der Waals surface area contributed by atoms with Crippen molar-refractivity contribution >= 4 is 100 Å². The highest BCUT2D eigenvalue weighted by Crippen LogP contribution is 2.63. The van der Waals surface area contributed by atoms with Crippen LogP contribution in [0.15, 0.2) is 152 Å². The maximum Gasteiger partial charge on any atom is 0.252 e.